The number of nitrogens with one attached hydrogen (secondary N) is 6. The molecule has 0 spiro atoms. The molecule has 0 aliphatic carbocycles. The molecule has 1 aliphatic rings. The number of rotatable bonds is 19. The number of fused-ring (bicyclic) bond motifs is 5. The van der Waals surface area contributed by atoms with Gasteiger partial charge in [0.05, 0.1) is 13.1 Å². The molecule has 0 unspecified atom stereocenters. The predicted molar refractivity (Wildman–Crippen MR) is 318 cm³/mol. The third-order valence-corrected chi connectivity index (χ3v) is 12.9. The van der Waals surface area contributed by atoms with Crippen molar-refractivity contribution in [3.05, 3.63) is 107 Å². The fraction of sp³-hybridized carbons (Fsp3) is 0.492. The van der Waals surface area contributed by atoms with E-state index in [2.05, 4.69) is 64.8 Å². The molecule has 4 aromatic carbocycles. The van der Waals surface area contributed by atoms with E-state index in [1.54, 1.807) is 111 Å². The summed E-state index contributed by atoms with van der Waals surface area (Å²) in [5.74, 6) is -3.83. The number of nitrogens with zero attached hydrogens (tertiary/aromatic N) is 1. The van der Waals surface area contributed by atoms with Gasteiger partial charge in [-0.2, -0.15) is 0 Å². The second kappa shape index (κ2) is 28.8. The van der Waals surface area contributed by atoms with Gasteiger partial charge in [0.1, 0.15) is 65.7 Å². The van der Waals surface area contributed by atoms with Crippen molar-refractivity contribution in [2.24, 2.45) is 0 Å². The van der Waals surface area contributed by atoms with Gasteiger partial charge in [0, 0.05) is 36.7 Å². The zero-order valence-corrected chi connectivity index (χ0v) is 51.0. The topological polar surface area (TPSA) is 278 Å². The lowest BCUT2D eigenvalue weighted by Crippen LogP contribution is -2.54. The molecule has 5 rings (SSSR count). The lowest BCUT2D eigenvalue weighted by molar-refractivity contribution is -0.143. The van der Waals surface area contributed by atoms with Gasteiger partial charge in [-0.15, -0.1) is 0 Å². The van der Waals surface area contributed by atoms with Crippen LogP contribution >= 0.6 is 0 Å². The number of benzene rings is 4. The van der Waals surface area contributed by atoms with Gasteiger partial charge in [-0.3, -0.25) is 19.2 Å². The summed E-state index contributed by atoms with van der Waals surface area (Å²) in [6.07, 6.45) is -1.43. The van der Waals surface area contributed by atoms with Gasteiger partial charge in [-0.1, -0.05) is 69.3 Å². The lowest BCUT2D eigenvalue weighted by atomic mass is 9.86. The maximum Gasteiger partial charge on any atom is 0.407 e. The number of carbonyl (C=O) groups excluding carboxylic acids is 7. The number of likely N-dealkylation sites (N-methyl/N-ethyl adjacent to an activating group) is 1. The highest BCUT2D eigenvalue weighted by molar-refractivity contribution is 5.99. The summed E-state index contributed by atoms with van der Waals surface area (Å²) in [5.41, 5.74) is 2.23. The molecule has 7 N–H and O–H groups in total. The number of carboxylic acid groups (broad SMARTS) is 1. The van der Waals surface area contributed by atoms with E-state index < -0.39 is 88.8 Å². The summed E-state index contributed by atoms with van der Waals surface area (Å²) < 4.78 is 28.8. The lowest BCUT2D eigenvalue weighted by Gasteiger charge is -2.32. The predicted octanol–water partition coefficient (Wildman–Crippen LogP) is 8.75. The van der Waals surface area contributed by atoms with E-state index in [9.17, 15) is 38.7 Å². The Bertz CT molecular complexity index is 2970. The SMILES string of the molecule is C[C@@H]1NC(=O)[C@@H](N(C)C(=O)[C@H](CCCCNC(=O)OC(C)(C)C)NC(=O)c2ccc(-c3ccc(C(C)(C)C)cc3)cc2)c2ccc(OCCNC(=O)OC(C)(C)C)c(c2)-c2cc(ccc2OCCNC(=O)OC(C)(C)C)C[C@@H](C(=O)O)NC1=O. The van der Waals surface area contributed by atoms with E-state index in [0.717, 1.165) is 11.1 Å². The first-order chi connectivity index (χ1) is 39.2. The van der Waals surface area contributed by atoms with Crippen LogP contribution in [0.25, 0.3) is 22.3 Å². The highest BCUT2D eigenvalue weighted by atomic mass is 16.6. The van der Waals surface area contributed by atoms with Gasteiger partial charge < -0.3 is 65.6 Å². The van der Waals surface area contributed by atoms with Crippen LogP contribution in [0.15, 0.2) is 84.9 Å². The zero-order valence-electron chi connectivity index (χ0n) is 51.0. The molecule has 1 aliphatic heterocycles. The second-order valence-electron chi connectivity index (χ2n) is 24.7. The van der Waals surface area contributed by atoms with Crippen LogP contribution in [-0.4, -0.2) is 133 Å². The molecule has 0 saturated heterocycles. The molecular weight excluding hydrogens is 1080 g/mol. The van der Waals surface area contributed by atoms with Crippen LogP contribution < -0.4 is 41.4 Å². The Labute approximate surface area is 493 Å². The molecule has 4 bridgehead atoms. The van der Waals surface area contributed by atoms with Crippen LogP contribution in [-0.2, 0) is 45.2 Å². The largest absolute Gasteiger partial charge is 0.491 e. The number of hydrogen-bond donors (Lipinski definition) is 7. The van der Waals surface area contributed by atoms with Crippen LogP contribution in [0.3, 0.4) is 0 Å². The molecule has 21 heteroatoms. The van der Waals surface area contributed by atoms with Crippen molar-refractivity contribution >= 4 is 47.9 Å². The third kappa shape index (κ3) is 20.8. The van der Waals surface area contributed by atoms with Crippen molar-refractivity contribution in [1.82, 2.24) is 36.8 Å². The van der Waals surface area contributed by atoms with Crippen molar-refractivity contribution < 1.29 is 67.1 Å². The Balaban J connectivity index is 1.59. The van der Waals surface area contributed by atoms with E-state index in [4.69, 9.17) is 23.7 Å². The highest BCUT2D eigenvalue weighted by Crippen LogP contribution is 2.40. The number of carboxylic acids is 1. The van der Waals surface area contributed by atoms with Crippen LogP contribution in [0, 0.1) is 0 Å². The number of hydrogen-bond acceptors (Lipinski definition) is 13. The first-order valence-electron chi connectivity index (χ1n) is 28.2. The third-order valence-electron chi connectivity index (χ3n) is 12.9. The normalized spacial score (nSPS) is 16.0. The smallest absolute Gasteiger partial charge is 0.407 e. The number of amides is 7. The minimum atomic E-state index is -1.53. The monoisotopic (exact) mass is 1160 g/mol. The average Bonchev–Trinajstić information content (AvgIpc) is 3.44. The second-order valence-corrected chi connectivity index (χ2v) is 24.7. The fourth-order valence-corrected chi connectivity index (χ4v) is 8.82. The quantitative estimate of drug-likeness (QED) is 0.0342. The van der Waals surface area contributed by atoms with Crippen LogP contribution in [0.2, 0.25) is 0 Å². The van der Waals surface area contributed by atoms with Crippen molar-refractivity contribution in [2.45, 2.75) is 162 Å². The highest BCUT2D eigenvalue weighted by Gasteiger charge is 2.36. The van der Waals surface area contributed by atoms with Crippen molar-refractivity contribution in [1.29, 1.82) is 0 Å². The molecule has 7 amide bonds. The fourth-order valence-electron chi connectivity index (χ4n) is 8.82. The van der Waals surface area contributed by atoms with Crippen molar-refractivity contribution in [2.75, 3.05) is 39.9 Å². The Hall–Kier alpha value is -8.36. The molecule has 0 saturated carbocycles. The Morgan fingerprint density at radius 3 is 1.61 bits per heavy atom. The molecule has 84 heavy (non-hydrogen) atoms. The zero-order chi connectivity index (χ0) is 62.3. The molecule has 4 atom stereocenters. The molecule has 456 valence electrons. The number of aliphatic carboxylic acids is 1. The van der Waals surface area contributed by atoms with Crippen LogP contribution in [0.1, 0.15) is 142 Å². The first kappa shape index (κ1) is 66.4. The summed E-state index contributed by atoms with van der Waals surface area (Å²) in [4.78, 5) is 110. The summed E-state index contributed by atoms with van der Waals surface area (Å²) in [6.45, 7) is 23.4. The van der Waals surface area contributed by atoms with E-state index in [1.165, 1.54) is 24.4 Å². The standard InChI is InChI=1S/C63H85N7O14/c1-38-52(71)69-48(56(75)76)36-39-18-28-49(80-33-31-65-58(78)83-62(8,9)10)45(35-39)46-37-43(25-29-50(46)81-34-32-66-59(79)84-63(11,12)13)51(54(73)67-38)70(14)55(74)47(17-15-16-30-64-57(77)82-61(5,6)7)68-53(72)42-21-19-40(20-22-42)41-23-26-44(27-24-41)60(2,3)4/h18-29,35,37-38,47-48,51H,15-17,30-34,36H2,1-14H3,(H,64,77)(H,65,78)(H,66,79)(H,67,73)(H,68,72)(H,69,71)(H,75,76)/t38-,47-,48-,51-/m0/s1. The van der Waals surface area contributed by atoms with E-state index in [-0.39, 0.29) is 73.7 Å². The van der Waals surface area contributed by atoms with Gasteiger partial charge in [0.2, 0.25) is 17.7 Å². The number of carbonyl (C=O) groups is 8. The van der Waals surface area contributed by atoms with E-state index in [1.807, 2.05) is 24.3 Å². The van der Waals surface area contributed by atoms with Crippen LogP contribution in [0.5, 0.6) is 11.5 Å². The van der Waals surface area contributed by atoms with Gasteiger partial charge in [0.15, 0.2) is 0 Å². The van der Waals surface area contributed by atoms with Gasteiger partial charge in [-0.05, 0) is 158 Å². The van der Waals surface area contributed by atoms with E-state index in [0.29, 0.717) is 29.5 Å². The maximum absolute atomic E-state index is 15.3. The summed E-state index contributed by atoms with van der Waals surface area (Å²) in [7, 11) is 1.39. The molecule has 4 aromatic rings. The average molecular weight is 1160 g/mol. The number of ether oxygens (including phenoxy) is 5. The molecule has 21 nitrogen and oxygen atoms in total. The van der Waals surface area contributed by atoms with Crippen molar-refractivity contribution in [3.63, 3.8) is 0 Å². The van der Waals surface area contributed by atoms with Crippen molar-refractivity contribution in [3.8, 4) is 33.8 Å². The summed E-state index contributed by atoms with van der Waals surface area (Å²) in [6, 6.07) is 19.2. The molecule has 0 fully saturated rings. The molecule has 0 radical (unpaired) electrons. The van der Waals surface area contributed by atoms with Crippen LogP contribution in [0.4, 0.5) is 14.4 Å². The maximum atomic E-state index is 15.3. The summed E-state index contributed by atoms with van der Waals surface area (Å²) in [5, 5.41) is 26.6. The molecular formula is C63H85N7O14. The minimum Gasteiger partial charge on any atom is -0.491 e. The molecule has 0 aromatic heterocycles. The van der Waals surface area contributed by atoms with Gasteiger partial charge in [0.25, 0.3) is 5.91 Å². The van der Waals surface area contributed by atoms with Gasteiger partial charge in [-0.25, -0.2) is 19.2 Å². The number of unbranched alkanes of at least 4 members (excludes halogenated alkanes) is 1. The Morgan fingerprint density at radius 1 is 0.619 bits per heavy atom. The number of alkyl carbamates (subject to hydrolysis) is 3. The summed E-state index contributed by atoms with van der Waals surface area (Å²) >= 11 is 0. The Morgan fingerprint density at radius 2 is 1.11 bits per heavy atom. The minimum absolute atomic E-state index is 0.00421. The molecule has 1 heterocycles. The van der Waals surface area contributed by atoms with Gasteiger partial charge >= 0.3 is 24.2 Å². The van der Waals surface area contributed by atoms with E-state index >= 15 is 4.79 Å². The first-order valence-corrected chi connectivity index (χ1v) is 28.2. The Kier molecular flexibility index (Phi) is 22.7.